The van der Waals surface area contributed by atoms with E-state index in [0.29, 0.717) is 23.1 Å². The second kappa shape index (κ2) is 6.78. The first-order valence-corrected chi connectivity index (χ1v) is 8.11. The fraction of sp³-hybridized carbons (Fsp3) is 0.188. The Morgan fingerprint density at radius 1 is 1.30 bits per heavy atom. The van der Waals surface area contributed by atoms with Gasteiger partial charge in [-0.2, -0.15) is 0 Å². The molecule has 1 aromatic carbocycles. The van der Waals surface area contributed by atoms with Gasteiger partial charge in [-0.1, -0.05) is 18.1 Å². The molecule has 0 saturated carbocycles. The van der Waals surface area contributed by atoms with Gasteiger partial charge in [0.05, 0.1) is 11.3 Å². The normalized spacial score (nSPS) is 10.7. The van der Waals surface area contributed by atoms with E-state index in [1.54, 1.807) is 36.2 Å². The van der Waals surface area contributed by atoms with E-state index in [-0.39, 0.29) is 5.82 Å². The van der Waals surface area contributed by atoms with Gasteiger partial charge in [0.25, 0.3) is 0 Å². The van der Waals surface area contributed by atoms with Crippen molar-refractivity contribution < 1.29 is 8.91 Å². The van der Waals surface area contributed by atoms with Crippen molar-refractivity contribution in [1.29, 1.82) is 0 Å². The molecule has 2 aromatic heterocycles. The van der Waals surface area contributed by atoms with Crippen molar-refractivity contribution in [3.05, 3.63) is 48.1 Å². The molecule has 0 aliphatic heterocycles. The van der Waals surface area contributed by atoms with Crippen molar-refractivity contribution in [2.24, 2.45) is 0 Å². The minimum atomic E-state index is -0.317. The van der Waals surface area contributed by atoms with E-state index in [2.05, 4.69) is 27.4 Å². The number of rotatable bonds is 5. The van der Waals surface area contributed by atoms with Crippen molar-refractivity contribution in [1.82, 2.24) is 15.1 Å². The summed E-state index contributed by atoms with van der Waals surface area (Å²) in [4.78, 5) is 8.66. The lowest BCUT2D eigenvalue weighted by molar-refractivity contribution is 0.384. The van der Waals surface area contributed by atoms with Crippen LogP contribution in [-0.2, 0) is 0 Å². The van der Waals surface area contributed by atoms with Crippen LogP contribution in [0, 0.1) is 12.7 Å². The van der Waals surface area contributed by atoms with E-state index >= 15 is 0 Å². The van der Waals surface area contributed by atoms with Crippen LogP contribution >= 0.6 is 11.8 Å². The van der Waals surface area contributed by atoms with Gasteiger partial charge >= 0.3 is 0 Å². The molecule has 0 unspecified atom stereocenters. The Kier molecular flexibility index (Phi) is 4.57. The third-order valence-electron chi connectivity index (χ3n) is 3.10. The molecule has 0 amide bonds. The summed E-state index contributed by atoms with van der Waals surface area (Å²) in [6, 6.07) is 7.95. The van der Waals surface area contributed by atoms with Gasteiger partial charge in [-0.05, 0) is 36.9 Å². The second-order valence-electron chi connectivity index (χ2n) is 4.75. The average molecular weight is 330 g/mol. The van der Waals surface area contributed by atoms with Crippen LogP contribution in [0.25, 0.3) is 11.3 Å². The van der Waals surface area contributed by atoms with Gasteiger partial charge in [0.2, 0.25) is 5.95 Å². The molecule has 1 N–H and O–H groups in total. The molecule has 23 heavy (non-hydrogen) atoms. The highest BCUT2D eigenvalue weighted by molar-refractivity contribution is 7.99. The Labute approximate surface area is 137 Å². The van der Waals surface area contributed by atoms with Crippen LogP contribution in [0.5, 0.6) is 0 Å². The van der Waals surface area contributed by atoms with E-state index in [1.807, 2.05) is 6.92 Å². The lowest BCUT2D eigenvalue weighted by atomic mass is 10.2. The molecule has 0 radical (unpaired) electrons. The van der Waals surface area contributed by atoms with E-state index in [4.69, 9.17) is 4.52 Å². The minimum Gasteiger partial charge on any atom is -0.360 e. The third kappa shape index (κ3) is 3.50. The lowest BCUT2D eigenvalue weighted by Gasteiger charge is -2.06. The zero-order chi connectivity index (χ0) is 16.2. The van der Waals surface area contributed by atoms with Gasteiger partial charge in [0.1, 0.15) is 16.6 Å². The molecule has 3 rings (SSSR count). The number of anilines is 2. The highest BCUT2D eigenvalue weighted by atomic mass is 32.2. The van der Waals surface area contributed by atoms with Crippen LogP contribution < -0.4 is 5.32 Å². The van der Waals surface area contributed by atoms with Crippen LogP contribution in [0.1, 0.15) is 12.7 Å². The topological polar surface area (TPSA) is 63.8 Å². The maximum absolute atomic E-state index is 13.3. The van der Waals surface area contributed by atoms with Crippen LogP contribution in [0.3, 0.4) is 0 Å². The first-order chi connectivity index (χ1) is 11.2. The summed E-state index contributed by atoms with van der Waals surface area (Å²) in [5, 5.41) is 7.87. The van der Waals surface area contributed by atoms with Crippen LogP contribution in [0.15, 0.2) is 46.1 Å². The van der Waals surface area contributed by atoms with Crippen molar-refractivity contribution >= 4 is 23.4 Å². The molecule has 2 heterocycles. The van der Waals surface area contributed by atoms with E-state index < -0.39 is 0 Å². The molecule has 0 fully saturated rings. The zero-order valence-electron chi connectivity index (χ0n) is 12.7. The fourth-order valence-corrected chi connectivity index (χ4v) is 2.89. The quantitative estimate of drug-likeness (QED) is 0.698. The maximum atomic E-state index is 13.3. The summed E-state index contributed by atoms with van der Waals surface area (Å²) < 4.78 is 18.5. The second-order valence-corrected chi connectivity index (χ2v) is 6.01. The summed E-state index contributed by atoms with van der Waals surface area (Å²) in [7, 11) is 0. The molecule has 0 aliphatic carbocycles. The van der Waals surface area contributed by atoms with Gasteiger partial charge in [0.15, 0.2) is 0 Å². The number of halogens is 1. The highest BCUT2D eigenvalue weighted by Crippen LogP contribution is 2.32. The Morgan fingerprint density at radius 3 is 2.96 bits per heavy atom. The molecule has 3 aromatic rings. The summed E-state index contributed by atoms with van der Waals surface area (Å²) in [5.41, 5.74) is 2.17. The largest absolute Gasteiger partial charge is 0.360 e. The summed E-state index contributed by atoms with van der Waals surface area (Å²) in [6.45, 7) is 3.90. The molecule has 0 aliphatic rings. The fourth-order valence-electron chi connectivity index (χ4n) is 2.13. The molecular formula is C16H15FN4OS. The molecular weight excluding hydrogens is 315 g/mol. The molecule has 0 atom stereocenters. The SMILES string of the molecule is CCSc1noc(C)c1-c1ccnc(Nc2cccc(F)c2)n1. The molecule has 118 valence electrons. The molecule has 7 heteroatoms. The summed E-state index contributed by atoms with van der Waals surface area (Å²) >= 11 is 1.59. The predicted octanol–water partition coefficient (Wildman–Crippen LogP) is 4.43. The number of benzene rings is 1. The van der Waals surface area contributed by atoms with Gasteiger partial charge < -0.3 is 9.84 Å². The Balaban J connectivity index is 1.93. The van der Waals surface area contributed by atoms with Crippen molar-refractivity contribution in [2.75, 3.05) is 11.1 Å². The molecule has 0 saturated heterocycles. The van der Waals surface area contributed by atoms with E-state index in [9.17, 15) is 4.39 Å². The maximum Gasteiger partial charge on any atom is 0.227 e. The molecule has 0 bridgehead atoms. The van der Waals surface area contributed by atoms with Crippen molar-refractivity contribution in [3.8, 4) is 11.3 Å². The average Bonchev–Trinajstić information content (AvgIpc) is 2.89. The number of nitrogens with one attached hydrogen (secondary N) is 1. The number of hydrogen-bond donors (Lipinski definition) is 1. The van der Waals surface area contributed by atoms with E-state index in [0.717, 1.165) is 16.3 Å². The summed E-state index contributed by atoms with van der Waals surface area (Å²) in [5.74, 6) is 1.67. The van der Waals surface area contributed by atoms with Crippen LogP contribution in [-0.4, -0.2) is 20.9 Å². The van der Waals surface area contributed by atoms with Crippen molar-refractivity contribution in [3.63, 3.8) is 0 Å². The zero-order valence-corrected chi connectivity index (χ0v) is 13.5. The Morgan fingerprint density at radius 2 is 2.17 bits per heavy atom. The molecule has 5 nitrogen and oxygen atoms in total. The van der Waals surface area contributed by atoms with Crippen LogP contribution in [0.2, 0.25) is 0 Å². The minimum absolute atomic E-state index is 0.317. The third-order valence-corrected chi connectivity index (χ3v) is 3.95. The lowest BCUT2D eigenvalue weighted by Crippen LogP contribution is -1.98. The van der Waals surface area contributed by atoms with Gasteiger partial charge in [0, 0.05) is 11.9 Å². The number of aromatic nitrogens is 3. The number of aryl methyl sites for hydroxylation is 1. The number of nitrogens with zero attached hydrogens (tertiary/aromatic N) is 3. The Bertz CT molecular complexity index is 821. The monoisotopic (exact) mass is 330 g/mol. The number of hydrogen-bond acceptors (Lipinski definition) is 6. The molecule has 0 spiro atoms. The van der Waals surface area contributed by atoms with Gasteiger partial charge in [-0.3, -0.25) is 0 Å². The van der Waals surface area contributed by atoms with Crippen LogP contribution in [0.4, 0.5) is 16.0 Å². The highest BCUT2D eigenvalue weighted by Gasteiger charge is 2.16. The van der Waals surface area contributed by atoms with Gasteiger partial charge in [-0.15, -0.1) is 11.8 Å². The van der Waals surface area contributed by atoms with Gasteiger partial charge in [-0.25, -0.2) is 14.4 Å². The smallest absolute Gasteiger partial charge is 0.227 e. The van der Waals surface area contributed by atoms with E-state index in [1.165, 1.54) is 12.1 Å². The number of thioether (sulfide) groups is 1. The first-order valence-electron chi connectivity index (χ1n) is 7.12. The first kappa shape index (κ1) is 15.5. The Hall–Kier alpha value is -2.41. The standard InChI is InChI=1S/C16H15FN4OS/c1-3-23-15-14(10(2)22-21-15)13-7-8-18-16(20-13)19-12-6-4-5-11(17)9-12/h4-9H,3H2,1-2H3,(H,18,19,20). The summed E-state index contributed by atoms with van der Waals surface area (Å²) in [6.07, 6.45) is 1.65. The van der Waals surface area contributed by atoms with Crippen molar-refractivity contribution in [2.45, 2.75) is 18.9 Å². The predicted molar refractivity (Wildman–Crippen MR) is 88.3 cm³/mol.